The summed E-state index contributed by atoms with van der Waals surface area (Å²) in [6, 6.07) is 10.4. The molecule has 1 unspecified atom stereocenters. The van der Waals surface area contributed by atoms with Crippen molar-refractivity contribution in [3.63, 3.8) is 0 Å². The molecule has 1 nitrogen and oxygen atoms in total. The summed E-state index contributed by atoms with van der Waals surface area (Å²) in [7, 11) is 0. The van der Waals surface area contributed by atoms with E-state index in [4.69, 9.17) is 4.74 Å². The van der Waals surface area contributed by atoms with Crippen LogP contribution in [0.1, 0.15) is 18.9 Å². The Kier molecular flexibility index (Phi) is 4.94. The molecule has 0 radical (unpaired) electrons. The van der Waals surface area contributed by atoms with Gasteiger partial charge in [0.1, 0.15) is 0 Å². The average molecular weight is 196 g/mol. The van der Waals surface area contributed by atoms with Crippen molar-refractivity contribution in [2.75, 3.05) is 6.61 Å². The number of rotatable bonds is 5. The van der Waals surface area contributed by atoms with Crippen LogP contribution < -0.4 is 0 Å². The Bertz CT molecular complexity index is 223. The maximum absolute atomic E-state index is 5.46. The van der Waals surface area contributed by atoms with Gasteiger partial charge >= 0.3 is 0 Å². The number of benzene rings is 1. The first-order valence-corrected chi connectivity index (χ1v) is 5.18. The maximum Gasteiger partial charge on any atom is 0.0997 e. The van der Waals surface area contributed by atoms with Crippen LogP contribution in [0.25, 0.3) is 0 Å². The molecule has 0 aliphatic carbocycles. The summed E-state index contributed by atoms with van der Waals surface area (Å²) >= 11 is 4.25. The van der Waals surface area contributed by atoms with E-state index in [9.17, 15) is 0 Å². The molecule has 0 aliphatic rings. The van der Waals surface area contributed by atoms with Crippen LogP contribution in [0.2, 0.25) is 0 Å². The fourth-order valence-electron chi connectivity index (χ4n) is 1.08. The lowest BCUT2D eigenvalue weighted by Crippen LogP contribution is -2.06. The van der Waals surface area contributed by atoms with Gasteiger partial charge in [0.25, 0.3) is 0 Å². The van der Waals surface area contributed by atoms with Crippen LogP contribution in [0.5, 0.6) is 0 Å². The Labute approximate surface area is 85.5 Å². The van der Waals surface area contributed by atoms with Crippen molar-refractivity contribution in [2.24, 2.45) is 0 Å². The highest BCUT2D eigenvalue weighted by atomic mass is 32.1. The number of hydrogen-bond acceptors (Lipinski definition) is 2. The van der Waals surface area contributed by atoms with Gasteiger partial charge in [0.2, 0.25) is 0 Å². The summed E-state index contributed by atoms with van der Waals surface area (Å²) in [5.74, 6) is 0. The summed E-state index contributed by atoms with van der Waals surface area (Å²) in [6.07, 6.45) is 1.93. The maximum atomic E-state index is 5.46. The Balaban J connectivity index is 2.20. The number of hydrogen-bond donors (Lipinski definition) is 1. The van der Waals surface area contributed by atoms with Gasteiger partial charge in [-0.25, -0.2) is 0 Å². The SMILES string of the molecule is CCC(S)OCCc1ccccc1. The molecule has 0 aromatic heterocycles. The summed E-state index contributed by atoms with van der Waals surface area (Å²) in [5, 5.41) is 0. The van der Waals surface area contributed by atoms with E-state index in [1.807, 2.05) is 18.2 Å². The van der Waals surface area contributed by atoms with Crippen molar-refractivity contribution in [1.29, 1.82) is 0 Å². The molecule has 0 saturated carbocycles. The van der Waals surface area contributed by atoms with Crippen LogP contribution in [0.3, 0.4) is 0 Å². The minimum Gasteiger partial charge on any atom is -0.368 e. The van der Waals surface area contributed by atoms with Crippen LogP contribution in [0.15, 0.2) is 30.3 Å². The van der Waals surface area contributed by atoms with Gasteiger partial charge < -0.3 is 4.74 Å². The fourth-order valence-corrected chi connectivity index (χ4v) is 1.18. The second-order valence-electron chi connectivity index (χ2n) is 2.97. The Morgan fingerprint density at radius 2 is 2.00 bits per heavy atom. The van der Waals surface area contributed by atoms with Crippen molar-refractivity contribution >= 4 is 12.6 Å². The standard InChI is InChI=1S/C11H16OS/c1-2-11(13)12-9-8-10-6-4-3-5-7-10/h3-7,11,13H,2,8-9H2,1H3. The highest BCUT2D eigenvalue weighted by molar-refractivity contribution is 7.80. The Morgan fingerprint density at radius 1 is 1.31 bits per heavy atom. The van der Waals surface area contributed by atoms with Gasteiger partial charge in [0.05, 0.1) is 12.0 Å². The van der Waals surface area contributed by atoms with E-state index in [1.54, 1.807) is 0 Å². The van der Waals surface area contributed by atoms with Crippen LogP contribution in [-0.2, 0) is 11.2 Å². The van der Waals surface area contributed by atoms with Gasteiger partial charge in [0, 0.05) is 0 Å². The average Bonchev–Trinajstić information content (AvgIpc) is 2.19. The molecule has 0 N–H and O–H groups in total. The van der Waals surface area contributed by atoms with Crippen LogP contribution in [0.4, 0.5) is 0 Å². The third kappa shape index (κ3) is 4.34. The molecule has 0 fully saturated rings. The van der Waals surface area contributed by atoms with E-state index >= 15 is 0 Å². The molecule has 72 valence electrons. The summed E-state index contributed by atoms with van der Waals surface area (Å²) in [6.45, 7) is 2.83. The van der Waals surface area contributed by atoms with Crippen molar-refractivity contribution in [2.45, 2.75) is 25.2 Å². The van der Waals surface area contributed by atoms with Gasteiger partial charge in [-0.2, -0.15) is 0 Å². The molecule has 0 bridgehead atoms. The van der Waals surface area contributed by atoms with Crippen LogP contribution in [0, 0.1) is 0 Å². The summed E-state index contributed by atoms with van der Waals surface area (Å²) < 4.78 is 5.46. The third-order valence-electron chi connectivity index (χ3n) is 1.89. The van der Waals surface area contributed by atoms with E-state index < -0.39 is 0 Å². The highest BCUT2D eigenvalue weighted by Gasteiger charge is 1.98. The number of ether oxygens (including phenoxy) is 1. The van der Waals surface area contributed by atoms with Crippen molar-refractivity contribution in [3.8, 4) is 0 Å². The van der Waals surface area contributed by atoms with Crippen molar-refractivity contribution < 1.29 is 4.74 Å². The normalized spacial score (nSPS) is 12.8. The first kappa shape index (κ1) is 10.6. The lowest BCUT2D eigenvalue weighted by molar-refractivity contribution is 0.114. The van der Waals surface area contributed by atoms with E-state index in [1.165, 1.54) is 5.56 Å². The lowest BCUT2D eigenvalue weighted by atomic mass is 10.2. The fraction of sp³-hybridized carbons (Fsp3) is 0.455. The van der Waals surface area contributed by atoms with Gasteiger partial charge in [-0.3, -0.25) is 0 Å². The molecular formula is C11H16OS. The molecule has 1 aromatic carbocycles. The van der Waals surface area contributed by atoms with Gasteiger partial charge in [-0.15, -0.1) is 12.6 Å². The second kappa shape index (κ2) is 6.06. The second-order valence-corrected chi connectivity index (χ2v) is 3.55. The van der Waals surface area contributed by atoms with Crippen molar-refractivity contribution in [3.05, 3.63) is 35.9 Å². The molecule has 1 atom stereocenters. The summed E-state index contributed by atoms with van der Waals surface area (Å²) in [5.41, 5.74) is 1.41. The molecule has 0 amide bonds. The van der Waals surface area contributed by atoms with Crippen LogP contribution in [-0.4, -0.2) is 12.0 Å². The van der Waals surface area contributed by atoms with E-state index in [0.29, 0.717) is 0 Å². The minimum absolute atomic E-state index is 0.0868. The molecular weight excluding hydrogens is 180 g/mol. The molecule has 13 heavy (non-hydrogen) atoms. The topological polar surface area (TPSA) is 9.23 Å². The largest absolute Gasteiger partial charge is 0.368 e. The van der Waals surface area contributed by atoms with Crippen LogP contribution >= 0.6 is 12.6 Å². The smallest absolute Gasteiger partial charge is 0.0997 e. The molecule has 0 aliphatic heterocycles. The number of thiol groups is 1. The van der Waals surface area contributed by atoms with Gasteiger partial charge in [-0.05, 0) is 18.4 Å². The zero-order valence-electron chi connectivity index (χ0n) is 7.94. The monoisotopic (exact) mass is 196 g/mol. The predicted molar refractivity (Wildman–Crippen MR) is 59.2 cm³/mol. The molecule has 0 saturated heterocycles. The zero-order valence-corrected chi connectivity index (χ0v) is 8.84. The first-order valence-electron chi connectivity index (χ1n) is 4.66. The van der Waals surface area contributed by atoms with E-state index in [0.717, 1.165) is 19.4 Å². The lowest BCUT2D eigenvalue weighted by Gasteiger charge is -2.09. The minimum atomic E-state index is 0.0868. The van der Waals surface area contributed by atoms with Gasteiger partial charge in [0.15, 0.2) is 0 Å². The van der Waals surface area contributed by atoms with Gasteiger partial charge in [-0.1, -0.05) is 37.3 Å². The van der Waals surface area contributed by atoms with E-state index in [-0.39, 0.29) is 5.44 Å². The van der Waals surface area contributed by atoms with Crippen molar-refractivity contribution in [1.82, 2.24) is 0 Å². The summed E-state index contributed by atoms with van der Waals surface area (Å²) in [4.78, 5) is 0. The Morgan fingerprint density at radius 3 is 2.62 bits per heavy atom. The van der Waals surface area contributed by atoms with E-state index in [2.05, 4.69) is 31.7 Å². The predicted octanol–water partition coefficient (Wildman–Crippen LogP) is 2.91. The molecule has 0 heterocycles. The first-order chi connectivity index (χ1) is 6.33. The molecule has 0 spiro atoms. The highest BCUT2D eigenvalue weighted by Crippen LogP contribution is 2.05. The molecule has 1 rings (SSSR count). The third-order valence-corrected chi connectivity index (χ3v) is 2.41. The molecule has 2 heteroatoms. The Hall–Kier alpha value is -0.470. The molecule has 1 aromatic rings. The quantitative estimate of drug-likeness (QED) is 0.563. The zero-order chi connectivity index (χ0) is 9.52.